The van der Waals surface area contributed by atoms with Gasteiger partial charge in [0.15, 0.2) is 0 Å². The summed E-state index contributed by atoms with van der Waals surface area (Å²) < 4.78 is 0. The summed E-state index contributed by atoms with van der Waals surface area (Å²) in [6, 6.07) is 9.72. The van der Waals surface area contributed by atoms with Gasteiger partial charge >= 0.3 is 0 Å². The van der Waals surface area contributed by atoms with Crippen LogP contribution in [0.2, 0.25) is 0 Å². The van der Waals surface area contributed by atoms with Crippen LogP contribution in [0.4, 0.5) is 0 Å². The Morgan fingerprint density at radius 1 is 1.00 bits per heavy atom. The van der Waals surface area contributed by atoms with Gasteiger partial charge in [-0.2, -0.15) is 0 Å². The Labute approximate surface area is 107 Å². The lowest BCUT2D eigenvalue weighted by Gasteiger charge is -2.20. The summed E-state index contributed by atoms with van der Waals surface area (Å²) in [6.45, 7) is 9.04. The molecule has 1 N–H and O–H groups in total. The fourth-order valence-corrected chi connectivity index (χ4v) is 2.20. The Balaban J connectivity index is 2.52. The first-order chi connectivity index (χ1) is 8.04. The average Bonchev–Trinajstić information content (AvgIpc) is 2.30. The highest BCUT2D eigenvalue weighted by atomic mass is 14.9. The second-order valence-electron chi connectivity index (χ2n) is 5.57. The van der Waals surface area contributed by atoms with E-state index in [4.69, 9.17) is 0 Å². The predicted octanol–water partition coefficient (Wildman–Crippen LogP) is 3.99. The Morgan fingerprint density at radius 3 is 2.00 bits per heavy atom. The molecule has 0 aromatic heterocycles. The van der Waals surface area contributed by atoms with Gasteiger partial charge in [-0.15, -0.1) is 0 Å². The van der Waals surface area contributed by atoms with E-state index >= 15 is 0 Å². The van der Waals surface area contributed by atoms with E-state index in [1.165, 1.54) is 24.0 Å². The Bertz CT molecular complexity index is 311. The molecule has 0 radical (unpaired) electrons. The minimum Gasteiger partial charge on any atom is -0.317 e. The largest absolute Gasteiger partial charge is 0.317 e. The molecule has 1 aromatic carbocycles. The zero-order valence-electron chi connectivity index (χ0n) is 12.0. The van der Waals surface area contributed by atoms with E-state index in [9.17, 15) is 0 Å². The highest BCUT2D eigenvalue weighted by molar-refractivity contribution is 5.24. The van der Waals surface area contributed by atoms with Crippen LogP contribution in [-0.2, 0) is 6.42 Å². The van der Waals surface area contributed by atoms with Crippen molar-refractivity contribution in [2.45, 2.75) is 52.5 Å². The van der Waals surface area contributed by atoms with E-state index in [1.807, 2.05) is 0 Å². The summed E-state index contributed by atoms with van der Waals surface area (Å²) in [4.78, 5) is 0. The molecule has 0 amide bonds. The first-order valence-corrected chi connectivity index (χ1v) is 6.80. The summed E-state index contributed by atoms with van der Waals surface area (Å²) in [7, 11) is 2.06. The van der Waals surface area contributed by atoms with E-state index in [1.54, 1.807) is 0 Å². The molecule has 17 heavy (non-hydrogen) atoms. The van der Waals surface area contributed by atoms with Gasteiger partial charge in [0.1, 0.15) is 0 Å². The van der Waals surface area contributed by atoms with Crippen LogP contribution in [0.5, 0.6) is 0 Å². The van der Waals surface area contributed by atoms with Crippen LogP contribution in [0.3, 0.4) is 0 Å². The number of rotatable bonds is 6. The van der Waals surface area contributed by atoms with Crippen molar-refractivity contribution in [3.8, 4) is 0 Å². The van der Waals surface area contributed by atoms with Crippen molar-refractivity contribution in [1.29, 1.82) is 0 Å². The molecule has 1 aromatic rings. The Hall–Kier alpha value is -0.820. The van der Waals surface area contributed by atoms with E-state index in [2.05, 4.69) is 64.3 Å². The van der Waals surface area contributed by atoms with Crippen molar-refractivity contribution in [2.24, 2.45) is 5.92 Å². The molecule has 1 rings (SSSR count). The number of benzene rings is 1. The molecular formula is C16H27N. The number of nitrogens with one attached hydrogen (secondary N) is 1. The molecule has 0 bridgehead atoms. The minimum absolute atomic E-state index is 0.625. The maximum atomic E-state index is 3.40. The molecule has 1 atom stereocenters. The summed E-state index contributed by atoms with van der Waals surface area (Å²) in [5.41, 5.74) is 2.89. The van der Waals surface area contributed by atoms with Gasteiger partial charge in [0.05, 0.1) is 0 Å². The molecule has 0 aliphatic rings. The molecule has 0 saturated heterocycles. The van der Waals surface area contributed by atoms with Gasteiger partial charge in [0, 0.05) is 6.04 Å². The summed E-state index contributed by atoms with van der Waals surface area (Å²) in [6.07, 6.45) is 2.39. The molecule has 1 unspecified atom stereocenters. The molecule has 0 spiro atoms. The smallest absolute Gasteiger partial charge is 0.00902 e. The zero-order valence-corrected chi connectivity index (χ0v) is 12.0. The van der Waals surface area contributed by atoms with E-state index in [-0.39, 0.29) is 0 Å². The third kappa shape index (κ3) is 4.51. The first-order valence-electron chi connectivity index (χ1n) is 6.80. The van der Waals surface area contributed by atoms with Crippen LogP contribution < -0.4 is 5.32 Å². The number of hydrogen-bond acceptors (Lipinski definition) is 1. The van der Waals surface area contributed by atoms with Crippen molar-refractivity contribution >= 4 is 0 Å². The molecular weight excluding hydrogens is 206 g/mol. The molecule has 0 aliphatic heterocycles. The van der Waals surface area contributed by atoms with Crippen molar-refractivity contribution in [1.82, 2.24) is 5.32 Å². The average molecular weight is 233 g/mol. The van der Waals surface area contributed by atoms with Gasteiger partial charge in [0.25, 0.3) is 0 Å². The van der Waals surface area contributed by atoms with Crippen molar-refractivity contribution in [2.75, 3.05) is 7.05 Å². The number of hydrogen-bond donors (Lipinski definition) is 1. The number of aryl methyl sites for hydroxylation is 1. The predicted molar refractivity (Wildman–Crippen MR) is 76.5 cm³/mol. The van der Waals surface area contributed by atoms with E-state index in [0.717, 1.165) is 0 Å². The summed E-state index contributed by atoms with van der Waals surface area (Å²) in [5.74, 6) is 1.33. The maximum Gasteiger partial charge on any atom is 0.00902 e. The molecule has 0 fully saturated rings. The van der Waals surface area contributed by atoms with Crippen LogP contribution >= 0.6 is 0 Å². The van der Waals surface area contributed by atoms with Gasteiger partial charge in [0.2, 0.25) is 0 Å². The van der Waals surface area contributed by atoms with Gasteiger partial charge in [-0.1, -0.05) is 52.0 Å². The topological polar surface area (TPSA) is 12.0 Å². The van der Waals surface area contributed by atoms with Crippen LogP contribution in [0.15, 0.2) is 24.3 Å². The maximum absolute atomic E-state index is 3.40. The fraction of sp³-hybridized carbons (Fsp3) is 0.625. The molecule has 0 aliphatic carbocycles. The van der Waals surface area contributed by atoms with Gasteiger partial charge in [-0.3, -0.25) is 0 Å². The molecule has 0 saturated carbocycles. The quantitative estimate of drug-likeness (QED) is 0.783. The van der Waals surface area contributed by atoms with Crippen LogP contribution in [0.1, 0.15) is 51.2 Å². The van der Waals surface area contributed by atoms with E-state index in [0.29, 0.717) is 17.9 Å². The highest BCUT2D eigenvalue weighted by Gasteiger charge is 2.10. The second-order valence-corrected chi connectivity index (χ2v) is 5.57. The van der Waals surface area contributed by atoms with E-state index < -0.39 is 0 Å². The zero-order chi connectivity index (χ0) is 12.8. The van der Waals surface area contributed by atoms with Gasteiger partial charge in [-0.25, -0.2) is 0 Å². The Morgan fingerprint density at radius 2 is 1.59 bits per heavy atom. The highest BCUT2D eigenvalue weighted by Crippen LogP contribution is 2.16. The lowest BCUT2D eigenvalue weighted by molar-refractivity contribution is 0.403. The normalized spacial score (nSPS) is 13.4. The van der Waals surface area contributed by atoms with Crippen LogP contribution in [0.25, 0.3) is 0 Å². The van der Waals surface area contributed by atoms with Crippen molar-refractivity contribution < 1.29 is 0 Å². The van der Waals surface area contributed by atoms with Crippen molar-refractivity contribution in [3.05, 3.63) is 35.4 Å². The Kier molecular flexibility index (Phi) is 5.70. The standard InChI is InChI=1S/C16H27N/c1-12(2)15-9-6-14(7-10-15)8-11-16(17-5)13(3)4/h6-7,9-10,12-13,16-17H,8,11H2,1-5H3. The van der Waals surface area contributed by atoms with Crippen molar-refractivity contribution in [3.63, 3.8) is 0 Å². The monoisotopic (exact) mass is 233 g/mol. The molecule has 0 heterocycles. The van der Waals surface area contributed by atoms with Gasteiger partial charge in [-0.05, 0) is 42.9 Å². The molecule has 1 heteroatoms. The fourth-order valence-electron chi connectivity index (χ4n) is 2.20. The van der Waals surface area contributed by atoms with Crippen LogP contribution in [-0.4, -0.2) is 13.1 Å². The van der Waals surface area contributed by atoms with Crippen LogP contribution in [0, 0.1) is 5.92 Å². The third-order valence-electron chi connectivity index (χ3n) is 3.57. The summed E-state index contributed by atoms with van der Waals surface area (Å²) >= 11 is 0. The minimum atomic E-state index is 0.625. The lowest BCUT2D eigenvalue weighted by Crippen LogP contribution is -2.30. The lowest BCUT2D eigenvalue weighted by atomic mass is 9.95. The molecule has 1 nitrogen and oxygen atoms in total. The second kappa shape index (κ2) is 6.80. The van der Waals surface area contributed by atoms with Gasteiger partial charge < -0.3 is 5.32 Å². The third-order valence-corrected chi connectivity index (χ3v) is 3.57. The SMILES string of the molecule is CNC(CCc1ccc(C(C)C)cc1)C(C)C. The first kappa shape index (κ1) is 14.2. The molecule has 96 valence electrons. The summed E-state index contributed by atoms with van der Waals surface area (Å²) in [5, 5.41) is 3.40.